The molecule has 0 aliphatic heterocycles. The predicted octanol–water partition coefficient (Wildman–Crippen LogP) is 7.31. The molecule has 0 amide bonds. The summed E-state index contributed by atoms with van der Waals surface area (Å²) in [6.45, 7) is 2.51. The zero-order valence-electron chi connectivity index (χ0n) is 21.4. The second-order valence-corrected chi connectivity index (χ2v) is 11.8. The number of esters is 1. The summed E-state index contributed by atoms with van der Waals surface area (Å²) in [5, 5.41) is 5.30. The zero-order valence-corrected chi connectivity index (χ0v) is 22.9. The molecule has 0 atom stereocenters. The van der Waals surface area contributed by atoms with Crippen molar-refractivity contribution in [2.75, 3.05) is 13.7 Å². The van der Waals surface area contributed by atoms with Crippen molar-refractivity contribution in [3.63, 3.8) is 0 Å². The average Bonchev–Trinajstić information content (AvgIpc) is 3.61. The van der Waals surface area contributed by atoms with E-state index in [1.54, 1.807) is 18.6 Å². The maximum Gasteiger partial charge on any atom is 0.356 e. The van der Waals surface area contributed by atoms with E-state index in [-0.39, 0.29) is 0 Å². The number of nitrogens with zero attached hydrogens (tertiary/aromatic N) is 3. The van der Waals surface area contributed by atoms with Gasteiger partial charge in [0.05, 0.1) is 30.0 Å². The van der Waals surface area contributed by atoms with Gasteiger partial charge in [-0.2, -0.15) is 0 Å². The van der Waals surface area contributed by atoms with Crippen LogP contribution in [0, 0.1) is 24.2 Å². The van der Waals surface area contributed by atoms with E-state index in [1.807, 2.05) is 13.0 Å². The summed E-state index contributed by atoms with van der Waals surface area (Å²) in [5.41, 5.74) is 3.87. The Kier molecular flexibility index (Phi) is 6.68. The minimum absolute atomic E-state index is 0.325. The Hall–Kier alpha value is -2.90. The fraction of sp³-hybridized carbons (Fsp3) is 0.448. The summed E-state index contributed by atoms with van der Waals surface area (Å²) in [4.78, 5) is 20.0. The van der Waals surface area contributed by atoms with Gasteiger partial charge >= 0.3 is 5.97 Å². The van der Waals surface area contributed by atoms with Crippen LogP contribution in [0.5, 0.6) is 5.75 Å². The third-order valence-corrected chi connectivity index (χ3v) is 8.65. The van der Waals surface area contributed by atoms with Crippen LogP contribution in [-0.2, 0) is 4.74 Å². The van der Waals surface area contributed by atoms with Crippen LogP contribution in [0.1, 0.15) is 71.8 Å². The van der Waals surface area contributed by atoms with Crippen LogP contribution in [0.4, 0.5) is 0 Å². The molecule has 0 saturated heterocycles. The molecule has 38 heavy (non-hydrogen) atoms. The molecule has 3 heterocycles. The maximum absolute atomic E-state index is 11.7. The molecule has 7 nitrogen and oxygen atoms in total. The highest BCUT2D eigenvalue weighted by Gasteiger charge is 2.52. The van der Waals surface area contributed by atoms with Crippen LogP contribution in [-0.4, -0.2) is 34.8 Å². The number of carbonyl (C=O) groups excluding carboxylic acids is 1. The molecule has 3 aromatic heterocycles. The molecule has 9 heteroatoms. The van der Waals surface area contributed by atoms with Crippen molar-refractivity contribution in [1.29, 1.82) is 0 Å². The Labute approximate surface area is 231 Å². The number of aromatic nitrogens is 3. The second-order valence-electron chi connectivity index (χ2n) is 11.0. The molecule has 1 spiro atoms. The van der Waals surface area contributed by atoms with Gasteiger partial charge in [-0.3, -0.25) is 4.98 Å². The highest BCUT2D eigenvalue weighted by atomic mass is 35.5. The first-order chi connectivity index (χ1) is 18.4. The Balaban J connectivity index is 1.05. The average molecular weight is 554 g/mol. The van der Waals surface area contributed by atoms with Crippen LogP contribution in [0.25, 0.3) is 17.3 Å². The van der Waals surface area contributed by atoms with E-state index in [4.69, 9.17) is 37.2 Å². The first-order valence-corrected chi connectivity index (χ1v) is 13.8. The quantitative estimate of drug-likeness (QED) is 0.270. The molecule has 3 fully saturated rings. The number of allylic oxidation sites excluding steroid dienone is 1. The van der Waals surface area contributed by atoms with Crippen LogP contribution in [0.2, 0.25) is 10.0 Å². The minimum atomic E-state index is -0.433. The van der Waals surface area contributed by atoms with E-state index in [0.717, 1.165) is 29.7 Å². The molecule has 0 unspecified atom stereocenters. The largest absolute Gasteiger partial charge is 0.492 e. The highest BCUT2D eigenvalue weighted by Crippen LogP contribution is 2.61. The van der Waals surface area contributed by atoms with Crippen molar-refractivity contribution >= 4 is 35.2 Å². The molecule has 3 aromatic rings. The van der Waals surface area contributed by atoms with Crippen molar-refractivity contribution < 1.29 is 18.8 Å². The standard InChI is InChI=1S/C29H29Cl2N3O4/c1-16-7-20(12-33-25(16)28(35)36-2)37-15-18-10-29(11-18)8-17(9-29)3-6-21-26(34-38-27(21)19-4-5-19)24-22(30)13-32-14-23(24)31/h3,6-7,12-14,17-19H,4-5,8-11,15H2,1-2H3/b6-3+. The predicted molar refractivity (Wildman–Crippen MR) is 144 cm³/mol. The number of aryl methyl sites for hydroxylation is 1. The molecule has 3 saturated carbocycles. The van der Waals surface area contributed by atoms with Crippen LogP contribution < -0.4 is 4.74 Å². The van der Waals surface area contributed by atoms with Crippen LogP contribution in [0.3, 0.4) is 0 Å². The molecule has 0 bridgehead atoms. The van der Waals surface area contributed by atoms with E-state index in [9.17, 15) is 4.79 Å². The normalized spacial score (nSPS) is 24.3. The molecule has 0 N–H and O–H groups in total. The van der Waals surface area contributed by atoms with Crippen LogP contribution >= 0.6 is 23.2 Å². The minimum Gasteiger partial charge on any atom is -0.492 e. The zero-order chi connectivity index (χ0) is 26.4. The Morgan fingerprint density at radius 3 is 2.55 bits per heavy atom. The van der Waals surface area contributed by atoms with Gasteiger partial charge < -0.3 is 14.0 Å². The van der Waals surface area contributed by atoms with Gasteiger partial charge in [-0.1, -0.05) is 40.5 Å². The van der Waals surface area contributed by atoms with Gasteiger partial charge in [0.15, 0.2) is 5.69 Å². The van der Waals surface area contributed by atoms with Crippen molar-refractivity contribution in [2.24, 2.45) is 17.3 Å². The lowest BCUT2D eigenvalue weighted by atomic mass is 9.48. The number of hydrogen-bond donors (Lipinski definition) is 0. The molecular formula is C29H29Cl2N3O4. The molecule has 6 rings (SSSR count). The van der Waals surface area contributed by atoms with Crippen molar-refractivity contribution in [2.45, 2.75) is 51.4 Å². The lowest BCUT2D eigenvalue weighted by molar-refractivity contribution is -0.0657. The number of hydrogen-bond acceptors (Lipinski definition) is 7. The second kappa shape index (κ2) is 10.0. The number of pyridine rings is 2. The van der Waals surface area contributed by atoms with Crippen LogP contribution in [0.15, 0.2) is 35.3 Å². The summed E-state index contributed by atoms with van der Waals surface area (Å²) < 4.78 is 16.5. The van der Waals surface area contributed by atoms with E-state index < -0.39 is 5.97 Å². The highest BCUT2D eigenvalue weighted by molar-refractivity contribution is 6.39. The van der Waals surface area contributed by atoms with E-state index in [2.05, 4.69) is 27.3 Å². The van der Waals surface area contributed by atoms with Gasteiger partial charge in [0.2, 0.25) is 0 Å². The topological polar surface area (TPSA) is 87.3 Å². The van der Waals surface area contributed by atoms with Crippen molar-refractivity contribution in [1.82, 2.24) is 15.1 Å². The van der Waals surface area contributed by atoms with Crippen molar-refractivity contribution in [3.05, 3.63) is 63.4 Å². The van der Waals surface area contributed by atoms with Gasteiger partial charge in [0, 0.05) is 29.4 Å². The van der Waals surface area contributed by atoms with Gasteiger partial charge in [-0.25, -0.2) is 9.78 Å². The number of methoxy groups -OCH3 is 1. The van der Waals surface area contributed by atoms with Gasteiger partial charge in [0.25, 0.3) is 0 Å². The molecule has 3 aliphatic carbocycles. The van der Waals surface area contributed by atoms with Gasteiger partial charge in [0.1, 0.15) is 17.2 Å². The first-order valence-electron chi connectivity index (χ1n) is 13.0. The Bertz CT molecular complexity index is 1380. The molecule has 198 valence electrons. The van der Waals surface area contributed by atoms with E-state index in [0.29, 0.717) is 62.5 Å². The third kappa shape index (κ3) is 4.82. The molecule has 0 radical (unpaired) electrons. The number of halogens is 2. The summed E-state index contributed by atoms with van der Waals surface area (Å²) in [6.07, 6.45) is 16.2. The molecule has 0 aromatic carbocycles. The van der Waals surface area contributed by atoms with Crippen molar-refractivity contribution in [3.8, 4) is 17.0 Å². The monoisotopic (exact) mass is 553 g/mol. The Morgan fingerprint density at radius 2 is 1.89 bits per heavy atom. The fourth-order valence-electron chi connectivity index (χ4n) is 6.12. The lowest BCUT2D eigenvalue weighted by Crippen LogP contribution is -2.48. The summed E-state index contributed by atoms with van der Waals surface area (Å²) in [7, 11) is 1.35. The van der Waals surface area contributed by atoms with E-state index in [1.165, 1.54) is 32.8 Å². The van der Waals surface area contributed by atoms with Gasteiger partial charge in [-0.05, 0) is 74.3 Å². The number of rotatable bonds is 8. The first kappa shape index (κ1) is 25.4. The number of ether oxygens (including phenoxy) is 2. The smallest absolute Gasteiger partial charge is 0.356 e. The number of carbonyl (C=O) groups is 1. The third-order valence-electron chi connectivity index (χ3n) is 8.08. The molecule has 3 aliphatic rings. The molecular weight excluding hydrogens is 525 g/mol. The lowest BCUT2D eigenvalue weighted by Gasteiger charge is -2.57. The van der Waals surface area contributed by atoms with E-state index >= 15 is 0 Å². The summed E-state index contributed by atoms with van der Waals surface area (Å²) in [5.74, 6) is 2.69. The summed E-state index contributed by atoms with van der Waals surface area (Å²) in [6, 6.07) is 1.85. The van der Waals surface area contributed by atoms with Gasteiger partial charge in [-0.15, -0.1) is 0 Å². The SMILES string of the molecule is COC(=O)c1ncc(OCC2CC3(CC(/C=C/c4c(-c5c(Cl)cncc5Cl)noc4C4CC4)C3)C2)cc1C. The maximum atomic E-state index is 11.7. The Morgan fingerprint density at radius 1 is 1.16 bits per heavy atom. The summed E-state index contributed by atoms with van der Waals surface area (Å²) >= 11 is 12.9. The fourth-order valence-corrected chi connectivity index (χ4v) is 6.66.